The van der Waals surface area contributed by atoms with E-state index >= 15 is 0 Å². The molecular weight excluding hydrogens is 469 g/mol. The summed E-state index contributed by atoms with van der Waals surface area (Å²) >= 11 is 0. The number of rotatable bonds is 8. The fourth-order valence-corrected chi connectivity index (χ4v) is 5.64. The molecule has 0 radical (unpaired) electrons. The van der Waals surface area contributed by atoms with Crippen molar-refractivity contribution in [1.29, 1.82) is 0 Å². The van der Waals surface area contributed by atoms with Crippen molar-refractivity contribution in [2.24, 2.45) is 5.92 Å². The molecule has 0 spiro atoms. The molecule has 194 valence electrons. The monoisotopic (exact) mass is 502 g/mol. The van der Waals surface area contributed by atoms with Crippen LogP contribution < -0.4 is 9.47 Å². The number of para-hydroxylation sites is 1. The minimum Gasteiger partial charge on any atom is -0.493 e. The minimum absolute atomic E-state index is 0.149. The van der Waals surface area contributed by atoms with E-state index < -0.39 is 12.8 Å². The summed E-state index contributed by atoms with van der Waals surface area (Å²) in [5.74, 6) is 1.09. The van der Waals surface area contributed by atoms with Crippen LogP contribution in [0.3, 0.4) is 0 Å². The number of aromatic nitrogens is 1. The molecule has 0 aliphatic carbocycles. The Hall–Kier alpha value is -2.71. The Balaban J connectivity index is 1.42. The maximum Gasteiger partial charge on any atom is 0.422 e. The summed E-state index contributed by atoms with van der Waals surface area (Å²) in [5.41, 5.74) is 4.58. The zero-order valence-electron chi connectivity index (χ0n) is 20.6. The first-order valence-corrected chi connectivity index (χ1v) is 12.7. The molecule has 5 nitrogen and oxygen atoms in total. The highest BCUT2D eigenvalue weighted by molar-refractivity contribution is 5.83. The molecule has 1 N–H and O–H groups in total. The van der Waals surface area contributed by atoms with Crippen LogP contribution in [-0.4, -0.2) is 56.1 Å². The van der Waals surface area contributed by atoms with Crippen LogP contribution in [-0.2, 0) is 17.6 Å². The molecule has 0 amide bonds. The Kier molecular flexibility index (Phi) is 7.44. The van der Waals surface area contributed by atoms with Gasteiger partial charge in [0.05, 0.1) is 7.11 Å². The molecule has 2 aromatic carbocycles. The van der Waals surface area contributed by atoms with Crippen molar-refractivity contribution >= 4 is 10.9 Å². The number of hydrogen-bond donors (Lipinski definition) is 1. The fraction of sp³-hybridized carbons (Fsp3) is 0.500. The van der Waals surface area contributed by atoms with Crippen molar-refractivity contribution in [1.82, 2.24) is 9.88 Å². The van der Waals surface area contributed by atoms with Crippen molar-refractivity contribution in [3.05, 3.63) is 59.3 Å². The van der Waals surface area contributed by atoms with Gasteiger partial charge in [-0.1, -0.05) is 18.2 Å². The van der Waals surface area contributed by atoms with E-state index in [0.717, 1.165) is 75.1 Å². The van der Waals surface area contributed by atoms with E-state index in [2.05, 4.69) is 34.3 Å². The first-order valence-electron chi connectivity index (χ1n) is 12.7. The lowest BCUT2D eigenvalue weighted by Gasteiger charge is -2.40. The first-order chi connectivity index (χ1) is 17.4. The molecule has 1 saturated heterocycles. The van der Waals surface area contributed by atoms with Crippen LogP contribution in [0.5, 0.6) is 11.5 Å². The van der Waals surface area contributed by atoms with Gasteiger partial charge in [-0.3, -0.25) is 4.90 Å². The van der Waals surface area contributed by atoms with Crippen molar-refractivity contribution in [2.75, 3.05) is 40.0 Å². The van der Waals surface area contributed by atoms with Crippen molar-refractivity contribution in [3.63, 3.8) is 0 Å². The van der Waals surface area contributed by atoms with Crippen LogP contribution in [0.2, 0.25) is 0 Å². The van der Waals surface area contributed by atoms with Crippen LogP contribution in [0, 0.1) is 5.92 Å². The van der Waals surface area contributed by atoms with Gasteiger partial charge in [-0.15, -0.1) is 0 Å². The van der Waals surface area contributed by atoms with E-state index in [9.17, 15) is 13.2 Å². The molecule has 2 aliphatic heterocycles. The highest BCUT2D eigenvalue weighted by atomic mass is 19.4. The molecule has 1 unspecified atom stereocenters. The number of methoxy groups -OCH3 is 1. The molecule has 0 bridgehead atoms. The number of nitrogens with one attached hydrogen (secondary N) is 1. The standard InChI is InChI=1S/C28H33F3N2O3/c1-34-26-15-23-20(14-27(26)36-18-28(29,30)31)8-11-33(17-19-9-12-35-13-10-19)25(23)7-6-21-16-32-24-5-3-2-4-22(21)24/h2-5,14-16,19,25,32H,6-13,17-18H2,1H3. The quantitative estimate of drug-likeness (QED) is 0.406. The number of halogens is 3. The lowest BCUT2D eigenvalue weighted by Crippen LogP contribution is -2.40. The van der Waals surface area contributed by atoms with Gasteiger partial charge in [0.2, 0.25) is 0 Å². The Labute approximate surface area is 209 Å². The SMILES string of the molecule is COc1cc2c(cc1OCC(F)(F)F)CCN(CC1CCOCC1)C2CCc1c[nH]c2ccccc12. The summed E-state index contributed by atoms with van der Waals surface area (Å²) in [6, 6.07) is 12.1. The highest BCUT2D eigenvalue weighted by Crippen LogP contribution is 2.41. The predicted octanol–water partition coefficient (Wildman–Crippen LogP) is 6.08. The van der Waals surface area contributed by atoms with Gasteiger partial charge in [0.15, 0.2) is 18.1 Å². The smallest absolute Gasteiger partial charge is 0.422 e. The molecule has 1 atom stereocenters. The van der Waals surface area contributed by atoms with E-state index in [-0.39, 0.29) is 11.8 Å². The maximum atomic E-state index is 12.8. The van der Waals surface area contributed by atoms with E-state index in [0.29, 0.717) is 11.7 Å². The number of alkyl halides is 3. The van der Waals surface area contributed by atoms with E-state index in [1.807, 2.05) is 12.1 Å². The minimum atomic E-state index is -4.40. The average Bonchev–Trinajstić information content (AvgIpc) is 3.29. The number of hydrogen-bond acceptors (Lipinski definition) is 4. The number of H-pyrrole nitrogens is 1. The molecule has 0 saturated carbocycles. The summed E-state index contributed by atoms with van der Waals surface area (Å²) in [6.45, 7) is 2.15. The predicted molar refractivity (Wildman–Crippen MR) is 133 cm³/mol. The van der Waals surface area contributed by atoms with Crippen LogP contribution >= 0.6 is 0 Å². The number of aryl methyl sites for hydroxylation is 1. The van der Waals surface area contributed by atoms with E-state index in [1.165, 1.54) is 18.1 Å². The third kappa shape index (κ3) is 5.65. The lowest BCUT2D eigenvalue weighted by atomic mass is 9.87. The number of ether oxygens (including phenoxy) is 3. The van der Waals surface area contributed by atoms with Gasteiger partial charge in [-0.05, 0) is 72.9 Å². The highest BCUT2D eigenvalue weighted by Gasteiger charge is 2.33. The lowest BCUT2D eigenvalue weighted by molar-refractivity contribution is -0.153. The first kappa shape index (κ1) is 25.0. The van der Waals surface area contributed by atoms with Crippen LogP contribution in [0.25, 0.3) is 10.9 Å². The Bertz CT molecular complexity index is 1170. The van der Waals surface area contributed by atoms with Gasteiger partial charge in [-0.2, -0.15) is 13.2 Å². The summed E-state index contributed by atoms with van der Waals surface area (Å²) in [5, 5.41) is 1.23. The molecule has 5 rings (SSSR count). The molecule has 3 heterocycles. The summed E-state index contributed by atoms with van der Waals surface area (Å²) < 4.78 is 54.6. The van der Waals surface area contributed by atoms with E-state index in [4.69, 9.17) is 14.2 Å². The van der Waals surface area contributed by atoms with Gasteiger partial charge in [0.1, 0.15) is 0 Å². The normalized spacial score (nSPS) is 19.4. The van der Waals surface area contributed by atoms with Gasteiger partial charge >= 0.3 is 6.18 Å². The van der Waals surface area contributed by atoms with Gasteiger partial charge in [0, 0.05) is 49.4 Å². The van der Waals surface area contributed by atoms with Crippen LogP contribution in [0.15, 0.2) is 42.6 Å². The average molecular weight is 503 g/mol. The van der Waals surface area contributed by atoms with Crippen molar-refractivity contribution in [3.8, 4) is 11.5 Å². The Morgan fingerprint density at radius 3 is 2.69 bits per heavy atom. The maximum absolute atomic E-state index is 12.8. The number of benzene rings is 2. The summed E-state index contributed by atoms with van der Waals surface area (Å²) in [6.07, 6.45) is 2.39. The van der Waals surface area contributed by atoms with Gasteiger partial charge in [-0.25, -0.2) is 0 Å². The van der Waals surface area contributed by atoms with Gasteiger partial charge < -0.3 is 19.2 Å². The molecule has 1 fully saturated rings. The fourth-order valence-electron chi connectivity index (χ4n) is 5.64. The Morgan fingerprint density at radius 1 is 1.11 bits per heavy atom. The summed E-state index contributed by atoms with van der Waals surface area (Å²) in [4.78, 5) is 5.93. The zero-order chi connectivity index (χ0) is 25.1. The van der Waals surface area contributed by atoms with Crippen molar-refractivity contribution in [2.45, 2.75) is 44.3 Å². The number of aromatic amines is 1. The molecule has 1 aromatic heterocycles. The number of fused-ring (bicyclic) bond motifs is 2. The second-order valence-electron chi connectivity index (χ2n) is 9.82. The molecule has 3 aromatic rings. The topological polar surface area (TPSA) is 46.7 Å². The van der Waals surface area contributed by atoms with Crippen LogP contribution in [0.4, 0.5) is 13.2 Å². The number of nitrogens with zero attached hydrogens (tertiary/aromatic N) is 1. The second kappa shape index (κ2) is 10.7. The third-order valence-electron chi connectivity index (χ3n) is 7.48. The largest absolute Gasteiger partial charge is 0.493 e. The molecular formula is C28H33F3N2O3. The summed E-state index contributed by atoms with van der Waals surface area (Å²) in [7, 11) is 1.48. The molecule has 36 heavy (non-hydrogen) atoms. The van der Waals surface area contributed by atoms with Crippen LogP contribution in [0.1, 0.15) is 42.0 Å². The second-order valence-corrected chi connectivity index (χ2v) is 9.82. The Morgan fingerprint density at radius 2 is 1.92 bits per heavy atom. The zero-order valence-corrected chi connectivity index (χ0v) is 20.6. The van der Waals surface area contributed by atoms with Gasteiger partial charge in [0.25, 0.3) is 0 Å². The molecule has 2 aliphatic rings. The van der Waals surface area contributed by atoms with Crippen molar-refractivity contribution < 1.29 is 27.4 Å². The third-order valence-corrected chi connectivity index (χ3v) is 7.48. The van der Waals surface area contributed by atoms with E-state index in [1.54, 1.807) is 6.07 Å². The molecule has 8 heteroatoms.